The van der Waals surface area contributed by atoms with Gasteiger partial charge in [-0.25, -0.2) is 0 Å². The summed E-state index contributed by atoms with van der Waals surface area (Å²) in [4.78, 5) is 12.7. The summed E-state index contributed by atoms with van der Waals surface area (Å²) >= 11 is 5.98. The molecule has 3 rings (SSSR count). The Hall–Kier alpha value is -2.47. The number of rotatable bonds is 2. The van der Waals surface area contributed by atoms with Crippen molar-refractivity contribution in [2.24, 2.45) is 0 Å². The first-order valence-electron chi connectivity index (χ1n) is 6.80. The topological polar surface area (TPSA) is 39.4 Å². The number of fused-ring (bicyclic) bond motifs is 1. The van der Waals surface area contributed by atoms with E-state index in [-0.39, 0.29) is 27.3 Å². The van der Waals surface area contributed by atoms with Gasteiger partial charge in [0.1, 0.15) is 11.3 Å². The first kappa shape index (κ1) is 16.4. The van der Waals surface area contributed by atoms with Gasteiger partial charge in [-0.1, -0.05) is 29.8 Å². The number of ether oxygens (including phenoxy) is 1. The molecule has 0 N–H and O–H groups in total. The zero-order chi connectivity index (χ0) is 17.5. The number of hydrogen-bond acceptors (Lipinski definition) is 3. The molecule has 0 saturated carbocycles. The highest BCUT2D eigenvalue weighted by Crippen LogP contribution is 2.39. The second kappa shape index (κ2) is 5.87. The summed E-state index contributed by atoms with van der Waals surface area (Å²) in [5.74, 6) is -1.11. The van der Waals surface area contributed by atoms with Crippen molar-refractivity contribution in [2.45, 2.75) is 6.18 Å². The summed E-state index contributed by atoms with van der Waals surface area (Å²) in [6.45, 7) is 0. The molecular weight excluding hydrogens is 345 g/mol. The van der Waals surface area contributed by atoms with Crippen molar-refractivity contribution in [2.75, 3.05) is 7.11 Å². The molecule has 1 aromatic heterocycles. The monoisotopic (exact) mass is 354 g/mol. The molecule has 0 aliphatic rings. The molecule has 24 heavy (non-hydrogen) atoms. The van der Waals surface area contributed by atoms with Crippen LogP contribution in [0.15, 0.2) is 51.7 Å². The first-order chi connectivity index (χ1) is 11.3. The van der Waals surface area contributed by atoms with Gasteiger partial charge in [0.15, 0.2) is 0 Å². The maximum absolute atomic E-state index is 13.4. The number of hydrogen-bond donors (Lipinski definition) is 0. The average molecular weight is 355 g/mol. The van der Waals surface area contributed by atoms with Crippen molar-refractivity contribution < 1.29 is 22.3 Å². The fraction of sp³-hybridized carbons (Fsp3) is 0.118. The lowest BCUT2D eigenvalue weighted by Gasteiger charge is -2.13. The molecule has 0 radical (unpaired) electrons. The molecule has 0 spiro atoms. The SMILES string of the molecule is COc1ccc2c(=O)c(-c3ccccc3Cl)c(C(F)(F)F)oc2c1. The second-order valence-electron chi connectivity index (χ2n) is 4.98. The van der Waals surface area contributed by atoms with Gasteiger partial charge in [-0.05, 0) is 18.2 Å². The summed E-state index contributed by atoms with van der Waals surface area (Å²) in [6.07, 6.45) is -4.86. The van der Waals surface area contributed by atoms with Crippen LogP contribution >= 0.6 is 11.6 Å². The molecule has 3 nitrogen and oxygen atoms in total. The zero-order valence-electron chi connectivity index (χ0n) is 12.3. The maximum atomic E-state index is 13.4. The lowest BCUT2D eigenvalue weighted by molar-refractivity contribution is -0.152. The molecule has 124 valence electrons. The van der Waals surface area contributed by atoms with Gasteiger partial charge in [0.05, 0.1) is 18.1 Å². The Balaban J connectivity index is 2.46. The average Bonchev–Trinajstić information content (AvgIpc) is 2.54. The number of methoxy groups -OCH3 is 1. The van der Waals surface area contributed by atoms with E-state index in [4.69, 9.17) is 20.8 Å². The minimum Gasteiger partial charge on any atom is -0.497 e. The van der Waals surface area contributed by atoms with Gasteiger partial charge in [0.2, 0.25) is 11.2 Å². The molecule has 0 aliphatic carbocycles. The summed E-state index contributed by atoms with van der Waals surface area (Å²) < 4.78 is 50.3. The molecular formula is C17H10ClF3O3. The Morgan fingerprint density at radius 3 is 2.46 bits per heavy atom. The number of alkyl halides is 3. The van der Waals surface area contributed by atoms with Gasteiger partial charge in [-0.2, -0.15) is 13.2 Å². The maximum Gasteiger partial charge on any atom is 0.450 e. The Labute approximate surface area is 139 Å². The van der Waals surface area contributed by atoms with Gasteiger partial charge >= 0.3 is 6.18 Å². The molecule has 3 aromatic rings. The van der Waals surface area contributed by atoms with Gasteiger partial charge in [-0.3, -0.25) is 4.79 Å². The molecule has 0 aliphatic heterocycles. The fourth-order valence-electron chi connectivity index (χ4n) is 2.41. The van der Waals surface area contributed by atoms with E-state index in [1.165, 1.54) is 43.5 Å². The van der Waals surface area contributed by atoms with Crippen molar-refractivity contribution in [3.8, 4) is 16.9 Å². The standard InChI is InChI=1S/C17H10ClF3O3/c1-23-9-6-7-11-13(8-9)24-16(17(19,20)21)14(15(11)22)10-4-2-3-5-12(10)18/h2-8H,1H3. The Morgan fingerprint density at radius 1 is 1.12 bits per heavy atom. The van der Waals surface area contributed by atoms with Crippen LogP contribution in [0.25, 0.3) is 22.1 Å². The second-order valence-corrected chi connectivity index (χ2v) is 5.38. The third-order valence-electron chi connectivity index (χ3n) is 3.50. The van der Waals surface area contributed by atoms with Crippen molar-refractivity contribution in [3.05, 3.63) is 63.5 Å². The van der Waals surface area contributed by atoms with Crippen molar-refractivity contribution >= 4 is 22.6 Å². The predicted octanol–water partition coefficient (Wildman–Crippen LogP) is 5.14. The highest BCUT2D eigenvalue weighted by atomic mass is 35.5. The van der Waals surface area contributed by atoms with Crippen LogP contribution in [0.2, 0.25) is 5.02 Å². The summed E-state index contributed by atoms with van der Waals surface area (Å²) in [6, 6.07) is 9.89. The Morgan fingerprint density at radius 2 is 1.83 bits per heavy atom. The van der Waals surface area contributed by atoms with E-state index < -0.39 is 22.9 Å². The van der Waals surface area contributed by atoms with Gasteiger partial charge in [0.25, 0.3) is 0 Å². The normalized spacial score (nSPS) is 11.7. The number of benzene rings is 2. The van der Waals surface area contributed by atoms with Crippen LogP contribution in [0.5, 0.6) is 5.75 Å². The fourth-order valence-corrected chi connectivity index (χ4v) is 2.64. The number of halogens is 4. The molecule has 0 saturated heterocycles. The minimum atomic E-state index is -4.86. The molecule has 0 unspecified atom stereocenters. The summed E-state index contributed by atoms with van der Waals surface area (Å²) in [5, 5.41) is 0.0434. The van der Waals surface area contributed by atoms with E-state index in [0.717, 1.165) is 0 Å². The van der Waals surface area contributed by atoms with Crippen LogP contribution in [0, 0.1) is 0 Å². The minimum absolute atomic E-state index is 0.0127. The van der Waals surface area contributed by atoms with Crippen LogP contribution in [0.4, 0.5) is 13.2 Å². The van der Waals surface area contributed by atoms with Crippen LogP contribution in [0.3, 0.4) is 0 Å². The Kier molecular flexibility index (Phi) is 4.01. The van der Waals surface area contributed by atoms with E-state index in [9.17, 15) is 18.0 Å². The van der Waals surface area contributed by atoms with Gasteiger partial charge in [-0.15, -0.1) is 0 Å². The smallest absolute Gasteiger partial charge is 0.450 e. The van der Waals surface area contributed by atoms with E-state index >= 15 is 0 Å². The third kappa shape index (κ3) is 2.73. The molecule has 0 bridgehead atoms. The van der Waals surface area contributed by atoms with E-state index in [0.29, 0.717) is 0 Å². The molecule has 2 aromatic carbocycles. The molecule has 1 heterocycles. The largest absolute Gasteiger partial charge is 0.497 e. The zero-order valence-corrected chi connectivity index (χ0v) is 13.0. The molecule has 0 amide bonds. The van der Waals surface area contributed by atoms with Crippen LogP contribution in [0.1, 0.15) is 5.76 Å². The first-order valence-corrected chi connectivity index (χ1v) is 7.17. The third-order valence-corrected chi connectivity index (χ3v) is 3.83. The molecule has 0 fully saturated rings. The molecule has 0 atom stereocenters. The van der Waals surface area contributed by atoms with Gasteiger partial charge in [0, 0.05) is 16.7 Å². The highest BCUT2D eigenvalue weighted by Gasteiger charge is 2.39. The van der Waals surface area contributed by atoms with Crippen molar-refractivity contribution in [3.63, 3.8) is 0 Å². The van der Waals surface area contributed by atoms with E-state index in [1.807, 2.05) is 0 Å². The van der Waals surface area contributed by atoms with Crippen LogP contribution in [-0.2, 0) is 6.18 Å². The molecule has 7 heteroatoms. The summed E-state index contributed by atoms with van der Waals surface area (Å²) in [5.41, 5.74) is -1.65. The van der Waals surface area contributed by atoms with E-state index in [1.54, 1.807) is 6.07 Å². The van der Waals surface area contributed by atoms with Crippen molar-refractivity contribution in [1.29, 1.82) is 0 Å². The Bertz CT molecular complexity index is 977. The summed E-state index contributed by atoms with van der Waals surface area (Å²) in [7, 11) is 1.36. The van der Waals surface area contributed by atoms with Crippen molar-refractivity contribution in [1.82, 2.24) is 0 Å². The lowest BCUT2D eigenvalue weighted by atomic mass is 10.0. The van der Waals surface area contributed by atoms with Crippen LogP contribution in [-0.4, -0.2) is 7.11 Å². The van der Waals surface area contributed by atoms with E-state index in [2.05, 4.69) is 0 Å². The highest BCUT2D eigenvalue weighted by molar-refractivity contribution is 6.33. The van der Waals surface area contributed by atoms with Gasteiger partial charge < -0.3 is 9.15 Å². The lowest BCUT2D eigenvalue weighted by Crippen LogP contribution is -2.16. The quantitative estimate of drug-likeness (QED) is 0.639. The van der Waals surface area contributed by atoms with Crippen LogP contribution < -0.4 is 10.2 Å². The predicted molar refractivity (Wildman–Crippen MR) is 84.5 cm³/mol.